The molecule has 2 aliphatic heterocycles. The van der Waals surface area contributed by atoms with Crippen molar-refractivity contribution in [3.63, 3.8) is 0 Å². The number of nitrogens with one attached hydrogen (secondary N) is 3. The quantitative estimate of drug-likeness (QED) is 0.623. The number of carbonyl (C=O) groups excluding carboxylic acids is 2. The van der Waals surface area contributed by atoms with Gasteiger partial charge in [0.2, 0.25) is 17.6 Å². The molecular weight excluding hydrogens is 374 g/mol. The summed E-state index contributed by atoms with van der Waals surface area (Å²) in [5.74, 6) is 0.200. The highest BCUT2D eigenvalue weighted by Gasteiger charge is 2.33. The number of tetrazole rings is 1. The van der Waals surface area contributed by atoms with Crippen LogP contribution >= 0.6 is 0 Å². The second-order valence-corrected chi connectivity index (χ2v) is 7.38. The molecule has 0 spiro atoms. The fourth-order valence-electron chi connectivity index (χ4n) is 3.81. The van der Waals surface area contributed by atoms with Gasteiger partial charge in [0.1, 0.15) is 0 Å². The summed E-state index contributed by atoms with van der Waals surface area (Å²) in [6.45, 7) is 4.03. The smallest absolute Gasteiger partial charge is 0.227 e. The molecule has 2 atom stereocenters. The Morgan fingerprint density at radius 3 is 2.83 bits per heavy atom. The van der Waals surface area contributed by atoms with Crippen molar-refractivity contribution in [1.82, 2.24) is 36.2 Å². The number of amides is 2. The Morgan fingerprint density at radius 1 is 1.21 bits per heavy atom. The van der Waals surface area contributed by atoms with Crippen molar-refractivity contribution in [2.24, 2.45) is 11.8 Å². The number of piperidine rings is 1. The summed E-state index contributed by atoms with van der Waals surface area (Å²) in [5, 5.41) is 20.2. The summed E-state index contributed by atoms with van der Waals surface area (Å²) in [5.41, 5.74) is 1.78. The van der Waals surface area contributed by atoms with E-state index in [1.807, 2.05) is 29.2 Å². The SMILES string of the molecule is O=C(NCc1cccc(-c2nn[nH]n2)c1)[C@H]1CNC[C@H](C(=O)N2CCOCC2)C1. The van der Waals surface area contributed by atoms with E-state index in [2.05, 4.69) is 31.3 Å². The number of carbonyl (C=O) groups is 2. The van der Waals surface area contributed by atoms with Gasteiger partial charge in [-0.3, -0.25) is 9.59 Å². The molecule has 2 aromatic rings. The summed E-state index contributed by atoms with van der Waals surface area (Å²) in [7, 11) is 0. The molecule has 29 heavy (non-hydrogen) atoms. The fourth-order valence-corrected chi connectivity index (χ4v) is 3.81. The predicted octanol–water partition coefficient (Wildman–Crippen LogP) is -0.433. The van der Waals surface area contributed by atoms with Crippen molar-refractivity contribution in [2.45, 2.75) is 13.0 Å². The highest BCUT2D eigenvalue weighted by atomic mass is 16.5. The standard InChI is InChI=1S/C19H25N7O3/c27-18(21-10-13-2-1-3-14(8-13)17-22-24-25-23-17)15-9-16(12-20-11-15)19(28)26-4-6-29-7-5-26/h1-3,8,15-16,20H,4-7,9-12H2,(H,21,27)(H,22,23,24,25)/t15-,16-/m1/s1. The van der Waals surface area contributed by atoms with Crippen molar-refractivity contribution in [3.8, 4) is 11.4 Å². The van der Waals surface area contributed by atoms with E-state index in [1.54, 1.807) is 0 Å². The zero-order valence-corrected chi connectivity index (χ0v) is 16.1. The monoisotopic (exact) mass is 399 g/mol. The number of H-pyrrole nitrogens is 1. The van der Waals surface area contributed by atoms with Crippen molar-refractivity contribution >= 4 is 11.8 Å². The highest BCUT2D eigenvalue weighted by Crippen LogP contribution is 2.20. The lowest BCUT2D eigenvalue weighted by Gasteiger charge is -2.34. The van der Waals surface area contributed by atoms with Crippen LogP contribution in [0.3, 0.4) is 0 Å². The van der Waals surface area contributed by atoms with Gasteiger partial charge < -0.3 is 20.3 Å². The van der Waals surface area contributed by atoms with Gasteiger partial charge in [-0.1, -0.05) is 18.2 Å². The van der Waals surface area contributed by atoms with E-state index in [9.17, 15) is 9.59 Å². The van der Waals surface area contributed by atoms with E-state index in [4.69, 9.17) is 4.74 Å². The fraction of sp³-hybridized carbons (Fsp3) is 0.526. The predicted molar refractivity (Wildman–Crippen MR) is 103 cm³/mol. The average Bonchev–Trinajstić information content (AvgIpc) is 3.33. The van der Waals surface area contributed by atoms with Gasteiger partial charge in [0.25, 0.3) is 0 Å². The molecule has 0 saturated carbocycles. The van der Waals surface area contributed by atoms with E-state index in [1.165, 1.54) is 0 Å². The average molecular weight is 399 g/mol. The van der Waals surface area contributed by atoms with E-state index in [0.29, 0.717) is 58.2 Å². The molecule has 3 heterocycles. The molecule has 2 aliphatic rings. The van der Waals surface area contributed by atoms with Crippen LogP contribution in [0, 0.1) is 11.8 Å². The molecule has 3 N–H and O–H groups in total. The molecule has 4 rings (SSSR count). The van der Waals surface area contributed by atoms with Crippen molar-refractivity contribution in [3.05, 3.63) is 29.8 Å². The second kappa shape index (κ2) is 9.10. The minimum Gasteiger partial charge on any atom is -0.378 e. The molecular formula is C19H25N7O3. The van der Waals surface area contributed by atoms with E-state index < -0.39 is 0 Å². The van der Waals surface area contributed by atoms with Crippen LogP contribution in [0.4, 0.5) is 0 Å². The highest BCUT2D eigenvalue weighted by molar-refractivity contribution is 5.83. The van der Waals surface area contributed by atoms with E-state index in [0.717, 1.165) is 11.1 Å². The molecule has 154 valence electrons. The molecule has 2 amide bonds. The Kier molecular flexibility index (Phi) is 6.11. The minimum atomic E-state index is -0.223. The van der Waals surface area contributed by atoms with Crippen LogP contribution in [0.25, 0.3) is 11.4 Å². The van der Waals surface area contributed by atoms with Crippen LogP contribution in [-0.2, 0) is 20.9 Å². The zero-order valence-electron chi connectivity index (χ0n) is 16.1. The van der Waals surface area contributed by atoms with Crippen LogP contribution in [0.15, 0.2) is 24.3 Å². The van der Waals surface area contributed by atoms with Crippen molar-refractivity contribution in [2.75, 3.05) is 39.4 Å². The van der Waals surface area contributed by atoms with Gasteiger partial charge in [0, 0.05) is 38.3 Å². The first-order valence-corrected chi connectivity index (χ1v) is 9.88. The maximum atomic E-state index is 12.7. The summed E-state index contributed by atoms with van der Waals surface area (Å²) >= 11 is 0. The van der Waals surface area contributed by atoms with Crippen LogP contribution < -0.4 is 10.6 Å². The first kappa shape index (κ1) is 19.5. The largest absolute Gasteiger partial charge is 0.378 e. The molecule has 0 unspecified atom stereocenters. The number of benzene rings is 1. The molecule has 0 radical (unpaired) electrons. The Bertz CT molecular complexity index is 836. The Hall–Kier alpha value is -2.85. The number of rotatable bonds is 5. The number of morpholine rings is 1. The number of hydrogen-bond donors (Lipinski definition) is 3. The first-order chi connectivity index (χ1) is 14.2. The van der Waals surface area contributed by atoms with Crippen LogP contribution in [0.5, 0.6) is 0 Å². The van der Waals surface area contributed by atoms with Gasteiger partial charge in [-0.05, 0) is 23.3 Å². The first-order valence-electron chi connectivity index (χ1n) is 9.88. The van der Waals surface area contributed by atoms with Crippen LogP contribution in [0.2, 0.25) is 0 Å². The summed E-state index contributed by atoms with van der Waals surface area (Å²) < 4.78 is 5.32. The third kappa shape index (κ3) is 4.77. The maximum absolute atomic E-state index is 12.7. The third-order valence-corrected chi connectivity index (χ3v) is 5.39. The van der Waals surface area contributed by atoms with Gasteiger partial charge in [0.05, 0.1) is 25.0 Å². The molecule has 2 saturated heterocycles. The van der Waals surface area contributed by atoms with Gasteiger partial charge in [0.15, 0.2) is 0 Å². The molecule has 1 aromatic carbocycles. The lowest BCUT2D eigenvalue weighted by Crippen LogP contribution is -2.51. The molecule has 10 nitrogen and oxygen atoms in total. The Balaban J connectivity index is 1.31. The Labute approximate surface area is 168 Å². The number of aromatic amines is 1. The molecule has 1 aromatic heterocycles. The molecule has 0 bridgehead atoms. The minimum absolute atomic E-state index is 0.0399. The second-order valence-electron chi connectivity index (χ2n) is 7.38. The van der Waals surface area contributed by atoms with E-state index >= 15 is 0 Å². The number of hydrogen-bond acceptors (Lipinski definition) is 7. The molecule has 0 aliphatic carbocycles. The molecule has 2 fully saturated rings. The summed E-state index contributed by atoms with van der Waals surface area (Å²) in [6, 6.07) is 7.65. The lowest BCUT2D eigenvalue weighted by atomic mass is 9.88. The van der Waals surface area contributed by atoms with Gasteiger partial charge >= 0.3 is 0 Å². The summed E-state index contributed by atoms with van der Waals surface area (Å²) in [6.07, 6.45) is 0.567. The van der Waals surface area contributed by atoms with Gasteiger partial charge in [-0.15, -0.1) is 10.2 Å². The maximum Gasteiger partial charge on any atom is 0.227 e. The summed E-state index contributed by atoms with van der Waals surface area (Å²) in [4.78, 5) is 27.3. The van der Waals surface area contributed by atoms with E-state index in [-0.39, 0.29) is 23.7 Å². The third-order valence-electron chi connectivity index (χ3n) is 5.39. The van der Waals surface area contributed by atoms with Gasteiger partial charge in [-0.25, -0.2) is 0 Å². The van der Waals surface area contributed by atoms with Gasteiger partial charge in [-0.2, -0.15) is 5.21 Å². The van der Waals surface area contributed by atoms with Crippen molar-refractivity contribution in [1.29, 1.82) is 0 Å². The van der Waals surface area contributed by atoms with Crippen molar-refractivity contribution < 1.29 is 14.3 Å². The normalized spacial score (nSPS) is 22.3. The number of aromatic nitrogens is 4. The Morgan fingerprint density at radius 2 is 2.03 bits per heavy atom. The zero-order chi connectivity index (χ0) is 20.1. The lowest BCUT2D eigenvalue weighted by molar-refractivity contribution is -0.141. The molecule has 10 heteroatoms. The van der Waals surface area contributed by atoms with Crippen LogP contribution in [0.1, 0.15) is 12.0 Å². The van der Waals surface area contributed by atoms with Crippen LogP contribution in [-0.4, -0.2) is 76.7 Å². The number of ether oxygens (including phenoxy) is 1. The number of nitrogens with zero attached hydrogens (tertiary/aromatic N) is 4. The topological polar surface area (TPSA) is 125 Å².